The molecule has 0 aliphatic heterocycles. The molecule has 0 saturated heterocycles. The summed E-state index contributed by atoms with van der Waals surface area (Å²) in [4.78, 5) is 27.3. The highest BCUT2D eigenvalue weighted by atomic mass is 16.1. The second kappa shape index (κ2) is 8.08. The smallest absolute Gasteiger partial charge is 0.196 e. The standard InChI is InChI=1S/C28H24N4O2/c1-15-13-17(29)7-9-21(15)31-23-11-12-24(32-22-10-8-18(30)14-16(22)2)26-25(23)27(33)19-5-3-4-6-20(19)28(26)34/h3-14,31-32H,29-30H2,1-2H3. The van der Waals surface area contributed by atoms with E-state index in [1.165, 1.54) is 0 Å². The summed E-state index contributed by atoms with van der Waals surface area (Å²) in [5, 5.41) is 6.69. The molecule has 0 aromatic heterocycles. The lowest BCUT2D eigenvalue weighted by atomic mass is 9.82. The Balaban J connectivity index is 1.68. The molecule has 1 aliphatic rings. The molecule has 0 bridgehead atoms. The number of nitrogens with two attached hydrogens (primary N) is 2. The van der Waals surface area contributed by atoms with Crippen LogP contribution in [0.5, 0.6) is 0 Å². The first-order valence-electron chi connectivity index (χ1n) is 10.9. The third-order valence-corrected chi connectivity index (χ3v) is 6.12. The molecule has 0 saturated carbocycles. The van der Waals surface area contributed by atoms with E-state index in [0.717, 1.165) is 22.5 Å². The van der Waals surface area contributed by atoms with Crippen molar-refractivity contribution in [3.05, 3.63) is 106 Å². The van der Waals surface area contributed by atoms with Crippen molar-refractivity contribution in [2.75, 3.05) is 22.1 Å². The van der Waals surface area contributed by atoms with Crippen LogP contribution < -0.4 is 22.1 Å². The lowest BCUT2D eigenvalue weighted by Crippen LogP contribution is -2.23. The summed E-state index contributed by atoms with van der Waals surface area (Å²) in [6, 6.07) is 21.6. The highest BCUT2D eigenvalue weighted by molar-refractivity contribution is 6.32. The Bertz CT molecular complexity index is 1380. The lowest BCUT2D eigenvalue weighted by molar-refractivity contribution is 0.0980. The molecule has 0 fully saturated rings. The minimum Gasteiger partial charge on any atom is -0.399 e. The molecule has 5 rings (SSSR count). The maximum atomic E-state index is 13.7. The molecule has 0 amide bonds. The number of carbonyl (C=O) groups excluding carboxylic acids is 2. The zero-order valence-electron chi connectivity index (χ0n) is 18.9. The summed E-state index contributed by atoms with van der Waals surface area (Å²) in [7, 11) is 0. The van der Waals surface area contributed by atoms with E-state index >= 15 is 0 Å². The molecule has 1 aliphatic carbocycles. The van der Waals surface area contributed by atoms with Gasteiger partial charge in [0.1, 0.15) is 0 Å². The molecule has 0 radical (unpaired) electrons. The van der Waals surface area contributed by atoms with Crippen LogP contribution >= 0.6 is 0 Å². The van der Waals surface area contributed by atoms with Crippen LogP contribution in [0.2, 0.25) is 0 Å². The molecular weight excluding hydrogens is 424 g/mol. The Morgan fingerprint density at radius 2 is 0.941 bits per heavy atom. The van der Waals surface area contributed by atoms with Gasteiger partial charge in [0.15, 0.2) is 11.6 Å². The predicted molar refractivity (Wildman–Crippen MR) is 137 cm³/mol. The Morgan fingerprint density at radius 3 is 1.32 bits per heavy atom. The Kier molecular flexibility index (Phi) is 5.06. The van der Waals surface area contributed by atoms with Gasteiger partial charge in [0.2, 0.25) is 0 Å². The fourth-order valence-corrected chi connectivity index (χ4v) is 4.38. The van der Waals surface area contributed by atoms with Crippen LogP contribution in [0.25, 0.3) is 0 Å². The fourth-order valence-electron chi connectivity index (χ4n) is 4.38. The van der Waals surface area contributed by atoms with Gasteiger partial charge in [-0.25, -0.2) is 0 Å². The predicted octanol–water partition coefficient (Wildman–Crippen LogP) is 5.73. The normalized spacial score (nSPS) is 12.2. The third kappa shape index (κ3) is 3.55. The zero-order chi connectivity index (χ0) is 24.0. The third-order valence-electron chi connectivity index (χ3n) is 6.12. The van der Waals surface area contributed by atoms with Crippen LogP contribution in [0.4, 0.5) is 34.1 Å². The van der Waals surface area contributed by atoms with E-state index in [9.17, 15) is 9.59 Å². The number of anilines is 6. The number of aryl methyl sites for hydroxylation is 2. The van der Waals surface area contributed by atoms with Crippen LogP contribution in [0, 0.1) is 13.8 Å². The molecule has 0 heterocycles. The molecule has 6 heteroatoms. The summed E-state index contributed by atoms with van der Waals surface area (Å²) >= 11 is 0. The molecule has 4 aromatic carbocycles. The molecule has 0 unspecified atom stereocenters. The molecule has 4 aromatic rings. The number of hydrogen-bond donors (Lipinski definition) is 4. The van der Waals surface area contributed by atoms with Gasteiger partial charge in [-0.15, -0.1) is 0 Å². The van der Waals surface area contributed by atoms with Crippen LogP contribution in [-0.2, 0) is 0 Å². The largest absolute Gasteiger partial charge is 0.399 e. The van der Waals surface area contributed by atoms with E-state index in [1.54, 1.807) is 36.4 Å². The second-order valence-corrected chi connectivity index (χ2v) is 8.51. The maximum Gasteiger partial charge on any atom is 0.196 e. The van der Waals surface area contributed by atoms with Crippen molar-refractivity contribution in [2.24, 2.45) is 0 Å². The average Bonchev–Trinajstić information content (AvgIpc) is 2.81. The summed E-state index contributed by atoms with van der Waals surface area (Å²) < 4.78 is 0. The van der Waals surface area contributed by atoms with Gasteiger partial charge in [0.25, 0.3) is 0 Å². The van der Waals surface area contributed by atoms with Gasteiger partial charge in [-0.1, -0.05) is 24.3 Å². The van der Waals surface area contributed by atoms with E-state index in [-0.39, 0.29) is 11.6 Å². The Morgan fingerprint density at radius 1 is 0.559 bits per heavy atom. The maximum absolute atomic E-state index is 13.7. The second-order valence-electron chi connectivity index (χ2n) is 8.51. The summed E-state index contributed by atoms with van der Waals surface area (Å²) in [6.45, 7) is 3.88. The Hall–Kier alpha value is -4.58. The van der Waals surface area contributed by atoms with Crippen molar-refractivity contribution in [3.8, 4) is 0 Å². The number of ketones is 2. The molecule has 168 valence electrons. The number of nitrogens with one attached hydrogen (secondary N) is 2. The molecule has 6 nitrogen and oxygen atoms in total. The van der Waals surface area contributed by atoms with Crippen molar-refractivity contribution in [1.82, 2.24) is 0 Å². The van der Waals surface area contributed by atoms with E-state index < -0.39 is 0 Å². The van der Waals surface area contributed by atoms with Gasteiger partial charge in [0.05, 0.1) is 22.5 Å². The fraction of sp³-hybridized carbons (Fsp3) is 0.0714. The quantitative estimate of drug-likeness (QED) is 0.261. The first-order valence-corrected chi connectivity index (χ1v) is 10.9. The number of carbonyl (C=O) groups is 2. The van der Waals surface area contributed by atoms with E-state index in [2.05, 4.69) is 10.6 Å². The Labute approximate surface area is 197 Å². The van der Waals surface area contributed by atoms with Crippen LogP contribution in [0.3, 0.4) is 0 Å². The minimum absolute atomic E-state index is 0.196. The summed E-state index contributed by atoms with van der Waals surface area (Å²) in [6.07, 6.45) is 0. The van der Waals surface area contributed by atoms with Gasteiger partial charge in [0, 0.05) is 33.9 Å². The van der Waals surface area contributed by atoms with Crippen molar-refractivity contribution >= 4 is 45.7 Å². The average molecular weight is 449 g/mol. The molecular formula is C28H24N4O2. The topological polar surface area (TPSA) is 110 Å². The number of nitrogen functional groups attached to an aromatic ring is 2. The minimum atomic E-state index is -0.196. The van der Waals surface area contributed by atoms with E-state index in [4.69, 9.17) is 11.5 Å². The van der Waals surface area contributed by atoms with Crippen molar-refractivity contribution in [1.29, 1.82) is 0 Å². The molecule has 0 atom stereocenters. The van der Waals surface area contributed by atoms with E-state index in [1.807, 2.05) is 50.2 Å². The van der Waals surface area contributed by atoms with Crippen molar-refractivity contribution in [2.45, 2.75) is 13.8 Å². The van der Waals surface area contributed by atoms with Crippen LogP contribution in [-0.4, -0.2) is 11.6 Å². The molecule has 34 heavy (non-hydrogen) atoms. The monoisotopic (exact) mass is 448 g/mol. The highest BCUT2D eigenvalue weighted by Gasteiger charge is 2.34. The van der Waals surface area contributed by atoms with Crippen molar-refractivity contribution in [3.63, 3.8) is 0 Å². The highest BCUT2D eigenvalue weighted by Crippen LogP contribution is 2.39. The zero-order valence-corrected chi connectivity index (χ0v) is 18.9. The van der Waals surface area contributed by atoms with Crippen molar-refractivity contribution < 1.29 is 9.59 Å². The first kappa shape index (κ1) is 21.3. The van der Waals surface area contributed by atoms with Gasteiger partial charge < -0.3 is 22.1 Å². The molecule has 6 N–H and O–H groups in total. The lowest BCUT2D eigenvalue weighted by Gasteiger charge is -2.24. The van der Waals surface area contributed by atoms with E-state index in [0.29, 0.717) is 45.0 Å². The number of benzene rings is 4. The van der Waals surface area contributed by atoms with Gasteiger partial charge >= 0.3 is 0 Å². The van der Waals surface area contributed by atoms with Crippen LogP contribution in [0.1, 0.15) is 43.0 Å². The van der Waals surface area contributed by atoms with Gasteiger partial charge in [-0.3, -0.25) is 9.59 Å². The van der Waals surface area contributed by atoms with Crippen LogP contribution in [0.15, 0.2) is 72.8 Å². The number of rotatable bonds is 4. The summed E-state index contributed by atoms with van der Waals surface area (Å²) in [5.74, 6) is -0.392. The first-order chi connectivity index (χ1) is 16.3. The van der Waals surface area contributed by atoms with Gasteiger partial charge in [-0.2, -0.15) is 0 Å². The number of fused-ring (bicyclic) bond motifs is 2. The summed E-state index contributed by atoms with van der Waals surface area (Å²) in [5.41, 5.74) is 19.2. The van der Waals surface area contributed by atoms with Gasteiger partial charge in [-0.05, 0) is 73.5 Å². The number of hydrogen-bond acceptors (Lipinski definition) is 6. The molecule has 0 spiro atoms. The SMILES string of the molecule is Cc1cc(N)ccc1Nc1ccc(Nc2ccc(N)cc2C)c2c1C(=O)c1ccccc1C2=O.